The molecule has 2 N–H and O–H groups in total. The van der Waals surface area contributed by atoms with E-state index in [0.29, 0.717) is 11.3 Å². The summed E-state index contributed by atoms with van der Waals surface area (Å²) >= 11 is 1.78. The first-order valence-electron chi connectivity index (χ1n) is 11.4. The second-order valence-electron chi connectivity index (χ2n) is 8.34. The van der Waals surface area contributed by atoms with Crippen LogP contribution in [0, 0.1) is 0 Å². The third kappa shape index (κ3) is 7.39. The van der Waals surface area contributed by atoms with E-state index in [4.69, 9.17) is 0 Å². The van der Waals surface area contributed by atoms with Gasteiger partial charge in [-0.2, -0.15) is 24.9 Å². The van der Waals surface area contributed by atoms with Crippen LogP contribution in [0.4, 0.5) is 24.5 Å². The van der Waals surface area contributed by atoms with E-state index in [-0.39, 0.29) is 16.5 Å². The molecule has 10 heteroatoms. The van der Waals surface area contributed by atoms with Crippen LogP contribution in [0.1, 0.15) is 27.0 Å². The Hall–Kier alpha value is -3.76. The van der Waals surface area contributed by atoms with E-state index in [0.717, 1.165) is 35.3 Å². The third-order valence-electron chi connectivity index (χ3n) is 5.46. The van der Waals surface area contributed by atoms with E-state index >= 15 is 0 Å². The highest BCUT2D eigenvalue weighted by atomic mass is 32.2. The third-order valence-corrected chi connectivity index (χ3v) is 7.93. The Balaban J connectivity index is 1.33. The van der Waals surface area contributed by atoms with Gasteiger partial charge < -0.3 is 5.32 Å². The van der Waals surface area contributed by atoms with Crippen LogP contribution in [0.15, 0.2) is 108 Å². The van der Waals surface area contributed by atoms with Crippen molar-refractivity contribution in [3.05, 3.63) is 125 Å². The first-order chi connectivity index (χ1) is 18.1. The van der Waals surface area contributed by atoms with Crippen LogP contribution in [-0.2, 0) is 27.7 Å². The second-order valence-corrected chi connectivity index (χ2v) is 11.0. The quantitative estimate of drug-likeness (QED) is 0.229. The minimum Gasteiger partial charge on any atom is -0.322 e. The van der Waals surface area contributed by atoms with Gasteiger partial charge in [-0.3, -0.25) is 9.52 Å². The van der Waals surface area contributed by atoms with Gasteiger partial charge in [0.05, 0.1) is 10.5 Å². The molecule has 0 atom stereocenters. The van der Waals surface area contributed by atoms with Crippen molar-refractivity contribution in [3.63, 3.8) is 0 Å². The summed E-state index contributed by atoms with van der Waals surface area (Å²) in [6, 6.07) is 26.7. The zero-order valence-electron chi connectivity index (χ0n) is 19.9. The van der Waals surface area contributed by atoms with Gasteiger partial charge in [0.15, 0.2) is 0 Å². The summed E-state index contributed by atoms with van der Waals surface area (Å²) in [5.41, 5.74) is 1.98. The Bertz CT molecular complexity index is 1490. The molecule has 0 aliphatic heterocycles. The van der Waals surface area contributed by atoms with Crippen molar-refractivity contribution >= 4 is 39.1 Å². The summed E-state index contributed by atoms with van der Waals surface area (Å²) in [6.45, 7) is 0. The number of rotatable bonds is 9. The van der Waals surface area contributed by atoms with E-state index in [1.165, 1.54) is 35.9 Å². The molecular formula is C28H23F3N2O3S2. The molecule has 0 radical (unpaired) electrons. The van der Waals surface area contributed by atoms with Crippen LogP contribution in [0.3, 0.4) is 0 Å². The number of amides is 1. The van der Waals surface area contributed by atoms with Crippen molar-refractivity contribution < 1.29 is 26.4 Å². The van der Waals surface area contributed by atoms with Crippen molar-refractivity contribution in [2.24, 2.45) is 0 Å². The Morgan fingerprint density at radius 1 is 0.737 bits per heavy atom. The molecule has 0 fully saturated rings. The largest absolute Gasteiger partial charge is 0.416 e. The normalized spacial score (nSPS) is 11.7. The van der Waals surface area contributed by atoms with Crippen molar-refractivity contribution in [2.45, 2.75) is 22.6 Å². The van der Waals surface area contributed by atoms with Gasteiger partial charge in [-0.05, 0) is 65.7 Å². The number of nitrogens with one attached hydrogen (secondary N) is 2. The molecule has 0 unspecified atom stereocenters. The predicted molar refractivity (Wildman–Crippen MR) is 145 cm³/mol. The molecule has 0 aromatic heterocycles. The molecule has 0 saturated carbocycles. The van der Waals surface area contributed by atoms with Crippen LogP contribution >= 0.6 is 11.8 Å². The highest BCUT2D eigenvalue weighted by Crippen LogP contribution is 2.31. The lowest BCUT2D eigenvalue weighted by Crippen LogP contribution is -2.15. The van der Waals surface area contributed by atoms with Crippen molar-refractivity contribution in [1.29, 1.82) is 0 Å². The molecule has 0 saturated heterocycles. The number of thioether (sulfide) groups is 1. The molecule has 4 rings (SSSR count). The SMILES string of the molecule is O=C(Nc1ccc(S(=O)(=O)Nc2cccc(C(F)(F)F)c2)cc1)c1ccc(CSCc2ccccc2)cc1. The summed E-state index contributed by atoms with van der Waals surface area (Å²) in [4.78, 5) is 12.5. The number of hydrogen-bond donors (Lipinski definition) is 2. The minimum absolute atomic E-state index is 0.162. The Morgan fingerprint density at radius 2 is 1.37 bits per heavy atom. The zero-order valence-corrected chi connectivity index (χ0v) is 21.5. The summed E-state index contributed by atoms with van der Waals surface area (Å²) in [7, 11) is -4.14. The van der Waals surface area contributed by atoms with E-state index in [2.05, 4.69) is 22.2 Å². The molecule has 0 heterocycles. The molecule has 0 aliphatic carbocycles. The van der Waals surface area contributed by atoms with E-state index < -0.39 is 21.8 Å². The fraction of sp³-hybridized carbons (Fsp3) is 0.107. The van der Waals surface area contributed by atoms with Crippen molar-refractivity contribution in [2.75, 3.05) is 10.0 Å². The molecule has 0 bridgehead atoms. The maximum Gasteiger partial charge on any atom is 0.416 e. The first-order valence-corrected chi connectivity index (χ1v) is 14.1. The Kier molecular flexibility index (Phi) is 8.43. The van der Waals surface area contributed by atoms with Crippen LogP contribution in [-0.4, -0.2) is 14.3 Å². The van der Waals surface area contributed by atoms with E-state index in [1.54, 1.807) is 23.9 Å². The lowest BCUT2D eigenvalue weighted by Gasteiger charge is -2.12. The first kappa shape index (κ1) is 27.3. The summed E-state index contributed by atoms with van der Waals surface area (Å²) < 4.78 is 66.1. The standard InChI is InChI=1S/C28H23F3N2O3S2/c29-28(30,31)23-7-4-8-25(17-23)33-38(35,36)26-15-13-24(14-16-26)32-27(34)22-11-9-21(10-12-22)19-37-18-20-5-2-1-3-6-20/h1-17,33H,18-19H2,(H,32,34). The maximum absolute atomic E-state index is 12.9. The van der Waals surface area contributed by atoms with Gasteiger partial charge in [0.2, 0.25) is 0 Å². The van der Waals surface area contributed by atoms with Crippen LogP contribution in [0.2, 0.25) is 0 Å². The lowest BCUT2D eigenvalue weighted by atomic mass is 10.1. The molecule has 1 amide bonds. The number of hydrogen-bond acceptors (Lipinski definition) is 4. The number of carbonyl (C=O) groups excluding carboxylic acids is 1. The monoisotopic (exact) mass is 556 g/mol. The lowest BCUT2D eigenvalue weighted by molar-refractivity contribution is -0.137. The molecule has 4 aromatic rings. The van der Waals surface area contributed by atoms with Crippen molar-refractivity contribution in [3.8, 4) is 0 Å². The van der Waals surface area contributed by atoms with Gasteiger partial charge in [0.25, 0.3) is 15.9 Å². The van der Waals surface area contributed by atoms with Crippen LogP contribution in [0.5, 0.6) is 0 Å². The average molecular weight is 557 g/mol. The fourth-order valence-electron chi connectivity index (χ4n) is 3.51. The van der Waals surface area contributed by atoms with Gasteiger partial charge in [-0.1, -0.05) is 48.5 Å². The van der Waals surface area contributed by atoms with Gasteiger partial charge in [-0.15, -0.1) is 0 Å². The number of halogens is 3. The average Bonchev–Trinajstić information content (AvgIpc) is 2.89. The Labute approximate surface area is 223 Å². The molecule has 4 aromatic carbocycles. The highest BCUT2D eigenvalue weighted by Gasteiger charge is 2.30. The zero-order chi connectivity index (χ0) is 27.2. The maximum atomic E-state index is 12.9. The van der Waals surface area contributed by atoms with E-state index in [1.807, 2.05) is 30.3 Å². The van der Waals surface area contributed by atoms with Gasteiger partial charge in [0, 0.05) is 28.4 Å². The van der Waals surface area contributed by atoms with Crippen LogP contribution < -0.4 is 10.0 Å². The Morgan fingerprint density at radius 3 is 2.00 bits per heavy atom. The van der Waals surface area contributed by atoms with Gasteiger partial charge >= 0.3 is 6.18 Å². The highest BCUT2D eigenvalue weighted by molar-refractivity contribution is 7.97. The number of carbonyl (C=O) groups is 1. The van der Waals surface area contributed by atoms with E-state index in [9.17, 15) is 26.4 Å². The fourth-order valence-corrected chi connectivity index (χ4v) is 5.51. The molecule has 5 nitrogen and oxygen atoms in total. The number of anilines is 2. The minimum atomic E-state index is -4.59. The summed E-state index contributed by atoms with van der Waals surface area (Å²) in [5, 5.41) is 2.71. The van der Waals surface area contributed by atoms with Gasteiger partial charge in [0.1, 0.15) is 0 Å². The smallest absolute Gasteiger partial charge is 0.322 e. The van der Waals surface area contributed by atoms with Crippen molar-refractivity contribution in [1.82, 2.24) is 0 Å². The van der Waals surface area contributed by atoms with Crippen LogP contribution in [0.25, 0.3) is 0 Å². The summed E-state index contributed by atoms with van der Waals surface area (Å²) in [5.74, 6) is 1.34. The predicted octanol–water partition coefficient (Wildman–Crippen LogP) is 7.19. The molecule has 0 spiro atoms. The second kappa shape index (κ2) is 11.7. The number of sulfonamides is 1. The molecule has 0 aliphatic rings. The molecular weight excluding hydrogens is 533 g/mol. The molecule has 196 valence electrons. The number of benzene rings is 4. The molecule has 38 heavy (non-hydrogen) atoms. The number of alkyl halides is 3. The van der Waals surface area contributed by atoms with Gasteiger partial charge in [-0.25, -0.2) is 8.42 Å². The summed E-state index contributed by atoms with van der Waals surface area (Å²) in [6.07, 6.45) is -4.59. The topological polar surface area (TPSA) is 75.3 Å².